The zero-order valence-corrected chi connectivity index (χ0v) is 15.8. The van der Waals surface area contributed by atoms with Crippen molar-refractivity contribution in [3.05, 3.63) is 82.9 Å². The third-order valence-electron chi connectivity index (χ3n) is 4.20. The van der Waals surface area contributed by atoms with Crippen molar-refractivity contribution in [3.8, 4) is 28.7 Å². The highest BCUT2D eigenvalue weighted by Gasteiger charge is 2.11. The molecule has 0 fully saturated rings. The van der Waals surface area contributed by atoms with Crippen LogP contribution in [0, 0.1) is 23.5 Å². The molecule has 0 aliphatic rings. The molecule has 2 nitrogen and oxygen atoms in total. The Morgan fingerprint density at radius 2 is 1.61 bits per heavy atom. The van der Waals surface area contributed by atoms with Gasteiger partial charge >= 0.3 is 0 Å². The summed E-state index contributed by atoms with van der Waals surface area (Å²) in [5.41, 5.74) is 3.19. The number of benzene rings is 3. The first-order valence-corrected chi connectivity index (χ1v) is 8.94. The highest BCUT2D eigenvalue weighted by atomic mass is 32.1. The summed E-state index contributed by atoms with van der Waals surface area (Å²) in [5.74, 6) is 4.79. The number of aryl methyl sites for hydroxylation is 1. The van der Waals surface area contributed by atoms with Gasteiger partial charge in [-0.25, -0.2) is 8.78 Å². The van der Waals surface area contributed by atoms with E-state index in [0.717, 1.165) is 23.1 Å². The lowest BCUT2D eigenvalue weighted by molar-refractivity contribution is 0.474. The molecule has 5 heteroatoms. The van der Waals surface area contributed by atoms with E-state index in [1.165, 1.54) is 12.1 Å². The summed E-state index contributed by atoms with van der Waals surface area (Å²) in [5, 5.41) is 11.5. The summed E-state index contributed by atoms with van der Waals surface area (Å²) in [6, 6.07) is 14.6. The maximum atomic E-state index is 14.0. The highest BCUT2D eigenvalue weighted by Crippen LogP contribution is 2.29. The van der Waals surface area contributed by atoms with Crippen LogP contribution in [0.4, 0.5) is 14.5 Å². The third kappa shape index (κ3) is 4.32. The molecule has 0 atom stereocenters. The number of isothiocyanates is 1. The monoisotopic (exact) mass is 391 g/mol. The van der Waals surface area contributed by atoms with Crippen molar-refractivity contribution >= 4 is 23.1 Å². The number of hydrogen-bond acceptors (Lipinski definition) is 3. The molecular formula is C23H15F2NOS. The Hall–Kier alpha value is -3.32. The van der Waals surface area contributed by atoms with E-state index in [0.29, 0.717) is 11.1 Å². The normalized spacial score (nSPS) is 9.96. The molecule has 3 aromatic carbocycles. The molecule has 0 saturated carbocycles. The maximum absolute atomic E-state index is 14.0. The van der Waals surface area contributed by atoms with Gasteiger partial charge in [-0.1, -0.05) is 30.9 Å². The standard InChI is InChI=1S/C23H15F2NOS/c1-2-16-11-20(27)10-9-17(16)6-3-15-4-7-18(8-5-15)19-12-21(24)23(26-14-28)22(25)13-19/h4-5,7-13,27H,2H2,1H3. The number of phenols is 1. The lowest BCUT2D eigenvalue weighted by atomic mass is 10.0. The van der Waals surface area contributed by atoms with E-state index in [1.807, 2.05) is 12.1 Å². The van der Waals surface area contributed by atoms with Gasteiger partial charge in [-0.15, -0.1) is 0 Å². The number of rotatable bonds is 3. The Labute approximate surface area is 167 Å². The van der Waals surface area contributed by atoms with E-state index >= 15 is 0 Å². The summed E-state index contributed by atoms with van der Waals surface area (Å²) >= 11 is 4.40. The van der Waals surface area contributed by atoms with Gasteiger partial charge in [0, 0.05) is 11.1 Å². The highest BCUT2D eigenvalue weighted by molar-refractivity contribution is 7.78. The van der Waals surface area contributed by atoms with Crippen LogP contribution in [0.2, 0.25) is 0 Å². The van der Waals surface area contributed by atoms with Gasteiger partial charge < -0.3 is 5.11 Å². The number of hydrogen-bond donors (Lipinski definition) is 1. The van der Waals surface area contributed by atoms with Crippen LogP contribution >= 0.6 is 12.2 Å². The van der Waals surface area contributed by atoms with Crippen LogP contribution in [0.15, 0.2) is 59.6 Å². The van der Waals surface area contributed by atoms with E-state index < -0.39 is 17.3 Å². The predicted octanol–water partition coefficient (Wildman–Crippen LogP) is 6.03. The largest absolute Gasteiger partial charge is 0.508 e. The Balaban J connectivity index is 1.89. The molecule has 0 heterocycles. The van der Waals surface area contributed by atoms with E-state index in [9.17, 15) is 13.9 Å². The molecule has 138 valence electrons. The Morgan fingerprint density at radius 3 is 2.21 bits per heavy atom. The molecule has 0 bridgehead atoms. The van der Waals surface area contributed by atoms with Crippen molar-refractivity contribution in [3.63, 3.8) is 0 Å². The van der Waals surface area contributed by atoms with Crippen LogP contribution in [-0.4, -0.2) is 10.3 Å². The molecule has 0 radical (unpaired) electrons. The van der Waals surface area contributed by atoms with Crippen molar-refractivity contribution in [2.75, 3.05) is 0 Å². The smallest absolute Gasteiger partial charge is 0.153 e. The fourth-order valence-electron chi connectivity index (χ4n) is 2.76. The second-order valence-corrected chi connectivity index (χ2v) is 6.20. The first-order chi connectivity index (χ1) is 13.5. The molecule has 0 unspecified atom stereocenters. The number of halogens is 2. The quantitative estimate of drug-likeness (QED) is 0.336. The topological polar surface area (TPSA) is 32.6 Å². The zero-order valence-electron chi connectivity index (χ0n) is 15.0. The average molecular weight is 391 g/mol. The summed E-state index contributed by atoms with van der Waals surface area (Å²) in [6.07, 6.45) is 0.762. The summed E-state index contributed by atoms with van der Waals surface area (Å²) in [6.45, 7) is 2.00. The van der Waals surface area contributed by atoms with E-state index in [-0.39, 0.29) is 5.75 Å². The van der Waals surface area contributed by atoms with Crippen LogP contribution in [0.5, 0.6) is 5.75 Å². The fraction of sp³-hybridized carbons (Fsp3) is 0.0870. The Morgan fingerprint density at radius 1 is 0.929 bits per heavy atom. The van der Waals surface area contributed by atoms with Gasteiger partial charge in [0.15, 0.2) is 11.6 Å². The molecule has 0 saturated heterocycles. The lowest BCUT2D eigenvalue weighted by Gasteiger charge is -2.05. The van der Waals surface area contributed by atoms with E-state index in [1.54, 1.807) is 42.5 Å². The number of nitrogens with zero attached hydrogens (tertiary/aromatic N) is 1. The number of thiocarbonyl (C=S) groups is 1. The van der Waals surface area contributed by atoms with E-state index in [2.05, 4.69) is 29.1 Å². The second kappa shape index (κ2) is 8.58. The molecule has 0 amide bonds. The molecule has 0 aliphatic heterocycles. The van der Waals surface area contributed by atoms with Crippen molar-refractivity contribution in [2.24, 2.45) is 4.99 Å². The molecule has 3 rings (SSSR count). The molecule has 3 aromatic rings. The SMILES string of the molecule is CCc1cc(O)ccc1C#Cc1ccc(-c2cc(F)c(N=C=S)c(F)c2)cc1. The Kier molecular flexibility index (Phi) is 5.96. The Bertz CT molecular complexity index is 1110. The molecule has 28 heavy (non-hydrogen) atoms. The number of phenolic OH excluding ortho intramolecular Hbond substituents is 1. The minimum Gasteiger partial charge on any atom is -0.508 e. The van der Waals surface area contributed by atoms with Crippen molar-refractivity contribution < 1.29 is 13.9 Å². The van der Waals surface area contributed by atoms with Crippen molar-refractivity contribution in [1.82, 2.24) is 0 Å². The van der Waals surface area contributed by atoms with Crippen LogP contribution in [0.1, 0.15) is 23.6 Å². The molecule has 0 spiro atoms. The van der Waals surface area contributed by atoms with Gasteiger partial charge in [0.2, 0.25) is 0 Å². The third-order valence-corrected chi connectivity index (χ3v) is 4.30. The second-order valence-electron chi connectivity index (χ2n) is 6.01. The molecular weight excluding hydrogens is 376 g/mol. The number of aromatic hydroxyl groups is 1. The first-order valence-electron chi connectivity index (χ1n) is 8.53. The van der Waals surface area contributed by atoms with Gasteiger partial charge in [0.1, 0.15) is 11.4 Å². The van der Waals surface area contributed by atoms with Gasteiger partial charge in [0.25, 0.3) is 0 Å². The van der Waals surface area contributed by atoms with Crippen LogP contribution in [0.25, 0.3) is 11.1 Å². The van der Waals surface area contributed by atoms with Gasteiger partial charge in [-0.05, 0) is 77.8 Å². The van der Waals surface area contributed by atoms with Crippen LogP contribution in [-0.2, 0) is 6.42 Å². The van der Waals surface area contributed by atoms with Gasteiger partial charge in [-0.2, -0.15) is 4.99 Å². The minimum atomic E-state index is -0.796. The average Bonchev–Trinajstić information content (AvgIpc) is 2.70. The van der Waals surface area contributed by atoms with Gasteiger partial charge in [-0.3, -0.25) is 0 Å². The van der Waals surface area contributed by atoms with Crippen molar-refractivity contribution in [2.45, 2.75) is 13.3 Å². The van der Waals surface area contributed by atoms with Crippen LogP contribution < -0.4 is 0 Å². The number of aliphatic imine (C=N–C) groups is 1. The fourth-order valence-corrected chi connectivity index (χ4v) is 2.86. The predicted molar refractivity (Wildman–Crippen MR) is 110 cm³/mol. The van der Waals surface area contributed by atoms with Crippen LogP contribution in [0.3, 0.4) is 0 Å². The molecule has 0 aliphatic carbocycles. The lowest BCUT2D eigenvalue weighted by Crippen LogP contribution is -1.88. The summed E-state index contributed by atoms with van der Waals surface area (Å²) in [4.78, 5) is 3.41. The molecule has 0 aromatic heterocycles. The van der Waals surface area contributed by atoms with Gasteiger partial charge in [0.05, 0.1) is 5.16 Å². The minimum absolute atomic E-state index is 0.216. The summed E-state index contributed by atoms with van der Waals surface area (Å²) in [7, 11) is 0. The van der Waals surface area contributed by atoms with Crippen molar-refractivity contribution in [1.29, 1.82) is 0 Å². The summed E-state index contributed by atoms with van der Waals surface area (Å²) < 4.78 is 28.0. The zero-order chi connectivity index (χ0) is 20.1. The molecule has 1 N–H and O–H groups in total. The van der Waals surface area contributed by atoms with E-state index in [4.69, 9.17) is 0 Å². The first kappa shape index (κ1) is 19.4. The maximum Gasteiger partial charge on any atom is 0.153 e.